The lowest BCUT2D eigenvalue weighted by Crippen LogP contribution is -2.32. The SMILES string of the molecule is CC(C)C1(C)C=CC2=C(C=CC(C)(C(C)(C)C)C=N2)N=C1. The van der Waals surface area contributed by atoms with Gasteiger partial charge >= 0.3 is 0 Å². The van der Waals surface area contributed by atoms with Crippen LogP contribution in [0.1, 0.15) is 48.5 Å². The topological polar surface area (TPSA) is 24.7 Å². The number of nitrogens with zero attached hydrogens (tertiary/aromatic N) is 2. The first-order valence-electron chi connectivity index (χ1n) is 7.81. The third-order valence-corrected chi connectivity index (χ3v) is 5.26. The molecule has 2 unspecified atom stereocenters. The second kappa shape index (κ2) is 5.08. The van der Waals surface area contributed by atoms with Gasteiger partial charge in [0.05, 0.1) is 11.4 Å². The molecule has 2 heterocycles. The summed E-state index contributed by atoms with van der Waals surface area (Å²) < 4.78 is 0. The summed E-state index contributed by atoms with van der Waals surface area (Å²) in [6, 6.07) is 0. The molecule has 2 atom stereocenters. The Bertz CT molecular complexity index is 529. The summed E-state index contributed by atoms with van der Waals surface area (Å²) in [7, 11) is 0. The molecule has 0 amide bonds. The summed E-state index contributed by atoms with van der Waals surface area (Å²) in [6.07, 6.45) is 12.9. The Hall–Kier alpha value is -1.44. The van der Waals surface area contributed by atoms with Gasteiger partial charge in [-0.3, -0.25) is 9.98 Å². The maximum atomic E-state index is 4.74. The normalized spacial score (nSPS) is 32.4. The van der Waals surface area contributed by atoms with Gasteiger partial charge in [0.15, 0.2) is 0 Å². The van der Waals surface area contributed by atoms with E-state index in [-0.39, 0.29) is 16.2 Å². The average Bonchev–Trinajstić information content (AvgIpc) is 2.63. The Morgan fingerprint density at radius 3 is 1.95 bits per heavy atom. The van der Waals surface area contributed by atoms with Crippen molar-refractivity contribution in [1.29, 1.82) is 0 Å². The lowest BCUT2D eigenvalue weighted by molar-refractivity contribution is 0.257. The summed E-state index contributed by atoms with van der Waals surface area (Å²) in [5, 5.41) is 0. The van der Waals surface area contributed by atoms with E-state index >= 15 is 0 Å². The lowest BCUT2D eigenvalue weighted by Gasteiger charge is -2.36. The molecule has 0 fully saturated rings. The zero-order chi connectivity index (χ0) is 15.9. The monoisotopic (exact) mass is 284 g/mol. The van der Waals surface area contributed by atoms with Crippen molar-refractivity contribution >= 4 is 12.4 Å². The highest BCUT2D eigenvalue weighted by atomic mass is 14.8. The summed E-state index contributed by atoms with van der Waals surface area (Å²) in [5.74, 6) is 0.508. The van der Waals surface area contributed by atoms with Crippen molar-refractivity contribution < 1.29 is 0 Å². The van der Waals surface area contributed by atoms with Gasteiger partial charge in [-0.1, -0.05) is 60.6 Å². The molecule has 2 heteroatoms. The van der Waals surface area contributed by atoms with E-state index in [1.807, 2.05) is 0 Å². The molecule has 2 rings (SSSR count). The van der Waals surface area contributed by atoms with E-state index in [0.29, 0.717) is 5.92 Å². The fourth-order valence-corrected chi connectivity index (χ4v) is 2.18. The summed E-state index contributed by atoms with van der Waals surface area (Å²) >= 11 is 0. The fourth-order valence-electron chi connectivity index (χ4n) is 2.18. The zero-order valence-electron chi connectivity index (χ0n) is 14.4. The van der Waals surface area contributed by atoms with Gasteiger partial charge in [-0.2, -0.15) is 0 Å². The molecule has 0 aromatic heterocycles. The van der Waals surface area contributed by atoms with Crippen molar-refractivity contribution in [3.05, 3.63) is 35.7 Å². The zero-order valence-corrected chi connectivity index (χ0v) is 14.4. The van der Waals surface area contributed by atoms with Gasteiger partial charge in [-0.25, -0.2) is 0 Å². The van der Waals surface area contributed by atoms with Crippen molar-refractivity contribution in [2.24, 2.45) is 32.1 Å². The van der Waals surface area contributed by atoms with Crippen LogP contribution in [0.25, 0.3) is 0 Å². The Morgan fingerprint density at radius 2 is 1.43 bits per heavy atom. The first-order valence-corrected chi connectivity index (χ1v) is 7.81. The molecule has 2 nitrogen and oxygen atoms in total. The van der Waals surface area contributed by atoms with Crippen LogP contribution in [0.3, 0.4) is 0 Å². The van der Waals surface area contributed by atoms with Crippen LogP contribution < -0.4 is 0 Å². The predicted molar refractivity (Wildman–Crippen MR) is 92.8 cm³/mol. The van der Waals surface area contributed by atoms with Crippen LogP contribution >= 0.6 is 0 Å². The van der Waals surface area contributed by atoms with Crippen LogP contribution in [-0.4, -0.2) is 12.4 Å². The highest BCUT2D eigenvalue weighted by Gasteiger charge is 2.35. The van der Waals surface area contributed by atoms with Gasteiger partial charge < -0.3 is 0 Å². The minimum Gasteiger partial charge on any atom is -0.258 e. The van der Waals surface area contributed by atoms with Gasteiger partial charge in [-0.15, -0.1) is 0 Å². The van der Waals surface area contributed by atoms with Gasteiger partial charge in [0.2, 0.25) is 0 Å². The lowest BCUT2D eigenvalue weighted by atomic mass is 9.68. The molecule has 0 radical (unpaired) electrons. The highest BCUT2D eigenvalue weighted by Crippen LogP contribution is 2.40. The number of rotatable bonds is 1. The van der Waals surface area contributed by atoms with Crippen molar-refractivity contribution in [2.75, 3.05) is 0 Å². The molecule has 21 heavy (non-hydrogen) atoms. The van der Waals surface area contributed by atoms with Crippen molar-refractivity contribution in [1.82, 2.24) is 0 Å². The van der Waals surface area contributed by atoms with Crippen LogP contribution in [0.5, 0.6) is 0 Å². The number of hydrogen-bond acceptors (Lipinski definition) is 2. The van der Waals surface area contributed by atoms with E-state index in [1.54, 1.807) is 0 Å². The maximum absolute atomic E-state index is 4.74. The molecule has 2 aliphatic rings. The van der Waals surface area contributed by atoms with Crippen molar-refractivity contribution in [2.45, 2.75) is 48.5 Å². The molecule has 2 aliphatic heterocycles. The van der Waals surface area contributed by atoms with Crippen LogP contribution in [0.4, 0.5) is 0 Å². The quantitative estimate of drug-likeness (QED) is 0.632. The third kappa shape index (κ3) is 2.95. The number of hydrogen-bond donors (Lipinski definition) is 0. The maximum Gasteiger partial charge on any atom is 0.0879 e. The molecule has 0 bridgehead atoms. The summed E-state index contributed by atoms with van der Waals surface area (Å²) in [5.41, 5.74) is 1.96. The molecular weight excluding hydrogens is 256 g/mol. The fraction of sp³-hybridized carbons (Fsp3) is 0.579. The molecule has 0 saturated carbocycles. The third-order valence-electron chi connectivity index (χ3n) is 5.26. The second-order valence-corrected chi connectivity index (χ2v) is 8.01. The van der Waals surface area contributed by atoms with Crippen molar-refractivity contribution in [3.8, 4) is 0 Å². The first kappa shape index (κ1) is 15.9. The number of aliphatic imine (C=N–C) groups is 2. The van der Waals surface area contributed by atoms with Gasteiger partial charge in [-0.05, 0) is 23.5 Å². The Labute approximate surface area is 129 Å². The molecule has 0 spiro atoms. The molecule has 0 aliphatic carbocycles. The van der Waals surface area contributed by atoms with E-state index < -0.39 is 0 Å². The average molecular weight is 284 g/mol. The van der Waals surface area contributed by atoms with Crippen LogP contribution in [0.2, 0.25) is 0 Å². The van der Waals surface area contributed by atoms with Gasteiger partial charge in [0.25, 0.3) is 0 Å². The minimum atomic E-state index is -0.0656. The van der Waals surface area contributed by atoms with E-state index in [1.165, 1.54) is 0 Å². The van der Waals surface area contributed by atoms with Crippen LogP contribution in [-0.2, 0) is 0 Å². The van der Waals surface area contributed by atoms with Crippen LogP contribution in [0.15, 0.2) is 45.7 Å². The Balaban J connectivity index is 2.40. The Morgan fingerprint density at radius 1 is 0.905 bits per heavy atom. The predicted octanol–water partition coefficient (Wildman–Crippen LogP) is 5.19. The molecule has 0 aromatic rings. The summed E-state index contributed by atoms with van der Waals surface area (Å²) in [4.78, 5) is 9.46. The largest absolute Gasteiger partial charge is 0.258 e. The van der Waals surface area contributed by atoms with Gasteiger partial charge in [0.1, 0.15) is 0 Å². The molecule has 0 saturated heterocycles. The molecule has 0 aromatic carbocycles. The second-order valence-electron chi connectivity index (χ2n) is 8.01. The van der Waals surface area contributed by atoms with Gasteiger partial charge in [0, 0.05) is 23.3 Å². The molecule has 0 N–H and O–H groups in total. The van der Waals surface area contributed by atoms with E-state index in [4.69, 9.17) is 9.98 Å². The van der Waals surface area contributed by atoms with E-state index in [0.717, 1.165) is 11.4 Å². The first-order chi connectivity index (χ1) is 9.57. The van der Waals surface area contributed by atoms with E-state index in [9.17, 15) is 0 Å². The Kier molecular flexibility index (Phi) is 3.86. The minimum absolute atomic E-state index is 0.0110. The highest BCUT2D eigenvalue weighted by molar-refractivity contribution is 5.76. The molecular formula is C19H28N2. The van der Waals surface area contributed by atoms with E-state index in [2.05, 4.69) is 85.2 Å². The van der Waals surface area contributed by atoms with Crippen molar-refractivity contribution in [3.63, 3.8) is 0 Å². The smallest absolute Gasteiger partial charge is 0.0879 e. The summed E-state index contributed by atoms with van der Waals surface area (Å²) in [6.45, 7) is 15.6. The number of allylic oxidation sites excluding steroid dienone is 4. The molecule has 114 valence electrons. The van der Waals surface area contributed by atoms with Crippen LogP contribution in [0, 0.1) is 22.2 Å². The standard InChI is InChI=1S/C19H28N2/c1-14(2)18(6)10-8-15-16(20-12-18)9-11-19(7,13-21-15)17(3,4)5/h8-14H,1-7H3.